The average Bonchev–Trinajstić information content (AvgIpc) is 3.04. The van der Waals surface area contributed by atoms with Gasteiger partial charge in [0.15, 0.2) is 11.5 Å². The highest BCUT2D eigenvalue weighted by Gasteiger charge is 2.27. The summed E-state index contributed by atoms with van der Waals surface area (Å²) in [5, 5.41) is 6.58. The highest BCUT2D eigenvalue weighted by atomic mass is 16.5. The van der Waals surface area contributed by atoms with Crippen LogP contribution in [0.2, 0.25) is 0 Å². The number of anilines is 4. The van der Waals surface area contributed by atoms with Gasteiger partial charge in [0.05, 0.1) is 18.4 Å². The van der Waals surface area contributed by atoms with Gasteiger partial charge in [0, 0.05) is 76.3 Å². The lowest BCUT2D eigenvalue weighted by molar-refractivity contribution is -0.132. The van der Waals surface area contributed by atoms with E-state index in [9.17, 15) is 9.59 Å². The average molecular weight is 592 g/mol. The Hall–Kier alpha value is -3.74. The van der Waals surface area contributed by atoms with Crippen LogP contribution in [-0.4, -0.2) is 121 Å². The standard InChI is InChI=1S/C31H45N9O3/c1-4-26-30(33-20-25-21-40(18-19-43-25)27(41)5-2)36-31(28(35-26)29(32)42)34-22-6-8-23(9-7-22)38-12-10-24(11-13-38)39-16-14-37(3)15-17-39/h5-9,24-25H,2,4,10-21H2,1,3H3,(H2,32,42)(H2,33,34,36). The molecular weight excluding hydrogens is 546 g/mol. The lowest BCUT2D eigenvalue weighted by Crippen LogP contribution is -2.52. The van der Waals surface area contributed by atoms with Gasteiger partial charge in [0.25, 0.3) is 5.91 Å². The Kier molecular flexibility index (Phi) is 10.1. The first-order valence-electron chi connectivity index (χ1n) is 15.4. The molecule has 12 nitrogen and oxygen atoms in total. The van der Waals surface area contributed by atoms with E-state index in [0.717, 1.165) is 45.0 Å². The Bertz CT molecular complexity index is 1270. The molecule has 0 saturated carbocycles. The molecule has 3 aliphatic rings. The number of aromatic nitrogens is 2. The SMILES string of the molecule is C=CC(=O)N1CCOC(CNc2nc(Nc3ccc(N4CCC(N5CCN(C)CC5)CC4)cc3)c(C(N)=O)nc2CC)C1. The zero-order chi connectivity index (χ0) is 30.3. The molecule has 43 heavy (non-hydrogen) atoms. The van der Waals surface area contributed by atoms with Crippen LogP contribution in [0.15, 0.2) is 36.9 Å². The Morgan fingerprint density at radius 2 is 1.77 bits per heavy atom. The number of piperidine rings is 1. The van der Waals surface area contributed by atoms with E-state index < -0.39 is 5.91 Å². The summed E-state index contributed by atoms with van der Waals surface area (Å²) >= 11 is 0. The van der Waals surface area contributed by atoms with Crippen molar-refractivity contribution in [2.45, 2.75) is 38.3 Å². The molecule has 1 atom stereocenters. The maximum atomic E-state index is 12.3. The summed E-state index contributed by atoms with van der Waals surface area (Å²) in [5.74, 6) is 0.0812. The van der Waals surface area contributed by atoms with Crippen LogP contribution in [-0.2, 0) is 16.0 Å². The van der Waals surface area contributed by atoms with Crippen LogP contribution in [0.4, 0.5) is 23.0 Å². The fraction of sp³-hybridized carbons (Fsp3) is 0.548. The number of ether oxygens (including phenoxy) is 1. The topological polar surface area (TPSA) is 132 Å². The van der Waals surface area contributed by atoms with Crippen LogP contribution in [0.1, 0.15) is 35.9 Å². The molecule has 1 unspecified atom stereocenters. The molecule has 0 aliphatic carbocycles. The van der Waals surface area contributed by atoms with Gasteiger partial charge in [-0.2, -0.15) is 0 Å². The van der Waals surface area contributed by atoms with Crippen molar-refractivity contribution in [3.05, 3.63) is 48.3 Å². The summed E-state index contributed by atoms with van der Waals surface area (Å²) in [7, 11) is 2.20. The van der Waals surface area contributed by atoms with Gasteiger partial charge in [-0.1, -0.05) is 13.5 Å². The number of rotatable bonds is 10. The number of carbonyl (C=O) groups excluding carboxylic acids is 2. The number of piperazine rings is 1. The van der Waals surface area contributed by atoms with E-state index in [1.807, 2.05) is 19.1 Å². The Balaban J connectivity index is 1.22. The molecule has 0 bridgehead atoms. The van der Waals surface area contributed by atoms with E-state index in [4.69, 9.17) is 15.5 Å². The third-order valence-electron chi connectivity index (χ3n) is 8.67. The molecule has 3 fully saturated rings. The fourth-order valence-corrected chi connectivity index (χ4v) is 6.07. The van der Waals surface area contributed by atoms with Gasteiger partial charge in [-0.25, -0.2) is 9.97 Å². The van der Waals surface area contributed by atoms with E-state index in [0.29, 0.717) is 56.0 Å². The van der Waals surface area contributed by atoms with Gasteiger partial charge in [-0.05, 0) is 56.7 Å². The number of morpholine rings is 1. The molecule has 0 spiro atoms. The molecule has 3 aliphatic heterocycles. The number of hydrogen-bond donors (Lipinski definition) is 3. The molecular formula is C31H45N9O3. The highest BCUT2D eigenvalue weighted by molar-refractivity contribution is 5.96. The predicted molar refractivity (Wildman–Crippen MR) is 169 cm³/mol. The third-order valence-corrected chi connectivity index (χ3v) is 8.67. The first-order valence-corrected chi connectivity index (χ1v) is 15.4. The first kappa shape index (κ1) is 30.7. The van der Waals surface area contributed by atoms with Gasteiger partial charge < -0.3 is 35.8 Å². The van der Waals surface area contributed by atoms with E-state index in [1.165, 1.54) is 24.6 Å². The molecule has 4 heterocycles. The minimum absolute atomic E-state index is 0.0918. The van der Waals surface area contributed by atoms with E-state index >= 15 is 0 Å². The predicted octanol–water partition coefficient (Wildman–Crippen LogP) is 1.92. The van der Waals surface area contributed by atoms with E-state index in [2.05, 4.69) is 56.1 Å². The summed E-state index contributed by atoms with van der Waals surface area (Å²) in [6.07, 6.45) is 4.02. The number of likely N-dealkylation sites (N-methyl/N-ethyl adjacent to an activating group) is 1. The smallest absolute Gasteiger partial charge is 0.271 e. The Morgan fingerprint density at radius 3 is 2.42 bits per heavy atom. The molecule has 12 heteroatoms. The second-order valence-corrected chi connectivity index (χ2v) is 11.5. The van der Waals surface area contributed by atoms with Crippen LogP contribution in [0, 0.1) is 0 Å². The first-order chi connectivity index (χ1) is 20.8. The number of hydrogen-bond acceptors (Lipinski definition) is 10. The Labute approximate surface area is 254 Å². The van der Waals surface area contributed by atoms with Crippen molar-refractivity contribution in [3.8, 4) is 0 Å². The third kappa shape index (κ3) is 7.62. The van der Waals surface area contributed by atoms with Crippen molar-refractivity contribution in [1.29, 1.82) is 0 Å². The number of nitrogens with one attached hydrogen (secondary N) is 2. The number of nitrogens with zero attached hydrogens (tertiary/aromatic N) is 6. The number of aryl methyl sites for hydroxylation is 1. The fourth-order valence-electron chi connectivity index (χ4n) is 6.07. The molecule has 2 amide bonds. The van der Waals surface area contributed by atoms with Crippen LogP contribution < -0.4 is 21.3 Å². The number of benzene rings is 1. The summed E-state index contributed by atoms with van der Waals surface area (Å²) in [6.45, 7) is 14.1. The maximum absolute atomic E-state index is 12.3. The maximum Gasteiger partial charge on any atom is 0.271 e. The monoisotopic (exact) mass is 591 g/mol. The highest BCUT2D eigenvalue weighted by Crippen LogP contribution is 2.27. The van der Waals surface area contributed by atoms with Gasteiger partial charge >= 0.3 is 0 Å². The van der Waals surface area contributed by atoms with Crippen LogP contribution >= 0.6 is 0 Å². The molecule has 232 valence electrons. The van der Waals surface area contributed by atoms with Crippen molar-refractivity contribution in [3.63, 3.8) is 0 Å². The van der Waals surface area contributed by atoms with Crippen molar-refractivity contribution in [2.24, 2.45) is 5.73 Å². The Morgan fingerprint density at radius 1 is 1.05 bits per heavy atom. The molecule has 0 radical (unpaired) electrons. The van der Waals surface area contributed by atoms with E-state index in [1.54, 1.807) is 4.90 Å². The zero-order valence-electron chi connectivity index (χ0n) is 25.4. The van der Waals surface area contributed by atoms with Crippen LogP contribution in [0.3, 0.4) is 0 Å². The van der Waals surface area contributed by atoms with Crippen molar-refractivity contribution in [2.75, 3.05) is 88.1 Å². The van der Waals surface area contributed by atoms with Gasteiger partial charge in [-0.15, -0.1) is 0 Å². The number of nitrogens with two attached hydrogens (primary N) is 1. The minimum atomic E-state index is -0.648. The largest absolute Gasteiger partial charge is 0.373 e. The van der Waals surface area contributed by atoms with Gasteiger partial charge in [-0.3, -0.25) is 14.5 Å². The molecule has 3 saturated heterocycles. The molecule has 4 N–H and O–H groups in total. The van der Waals surface area contributed by atoms with E-state index in [-0.39, 0.29) is 17.7 Å². The quantitative estimate of drug-likeness (QED) is 0.352. The van der Waals surface area contributed by atoms with Crippen LogP contribution in [0.5, 0.6) is 0 Å². The minimum Gasteiger partial charge on any atom is -0.373 e. The lowest BCUT2D eigenvalue weighted by Gasteiger charge is -2.42. The summed E-state index contributed by atoms with van der Waals surface area (Å²) in [4.78, 5) is 42.9. The summed E-state index contributed by atoms with van der Waals surface area (Å²) < 4.78 is 5.85. The second kappa shape index (κ2) is 14.2. The number of amides is 2. The normalized spacial score (nSPS) is 20.6. The molecule has 1 aromatic carbocycles. The van der Waals surface area contributed by atoms with Crippen molar-refractivity contribution >= 4 is 34.8 Å². The zero-order valence-corrected chi connectivity index (χ0v) is 25.4. The molecule has 5 rings (SSSR count). The second-order valence-electron chi connectivity index (χ2n) is 11.5. The number of primary amides is 1. The number of carbonyl (C=O) groups is 2. The van der Waals surface area contributed by atoms with Crippen molar-refractivity contribution < 1.29 is 14.3 Å². The summed E-state index contributed by atoms with van der Waals surface area (Å²) in [6, 6.07) is 8.87. The van der Waals surface area contributed by atoms with Gasteiger partial charge in [0.2, 0.25) is 5.91 Å². The van der Waals surface area contributed by atoms with Crippen LogP contribution in [0.25, 0.3) is 0 Å². The van der Waals surface area contributed by atoms with Gasteiger partial charge in [0.1, 0.15) is 5.82 Å². The lowest BCUT2D eigenvalue weighted by atomic mass is 10.0. The molecule has 1 aromatic heterocycles. The van der Waals surface area contributed by atoms with Crippen molar-refractivity contribution in [1.82, 2.24) is 24.7 Å². The summed E-state index contributed by atoms with van der Waals surface area (Å²) in [5.41, 5.74) is 8.40. The molecule has 2 aromatic rings.